The molecule has 18 heavy (non-hydrogen) atoms. The van der Waals surface area contributed by atoms with E-state index in [0.717, 1.165) is 17.0 Å². The van der Waals surface area contributed by atoms with Crippen molar-refractivity contribution in [2.24, 2.45) is 0 Å². The van der Waals surface area contributed by atoms with Crippen molar-refractivity contribution in [2.75, 3.05) is 0 Å². The van der Waals surface area contributed by atoms with Crippen LogP contribution in [0.25, 0.3) is 11.4 Å². The largest absolute Gasteiger partial charge is 0.425 e. The topological polar surface area (TPSA) is 37.8 Å². The first-order chi connectivity index (χ1) is 8.93. The highest BCUT2D eigenvalue weighted by Crippen LogP contribution is 2.11. The van der Waals surface area contributed by atoms with E-state index < -0.39 is 0 Å². The lowest BCUT2D eigenvalue weighted by molar-refractivity contribution is 1.25. The Morgan fingerprint density at radius 3 is 2.67 bits per heavy atom. The standard InChI is InChI=1S/C14H12BN3/c1-3-10-16-12(6-1)13-7-5-8-14(18-13)15-9-2-4-11-17-15/h1-11,17H. The van der Waals surface area contributed by atoms with E-state index >= 15 is 0 Å². The summed E-state index contributed by atoms with van der Waals surface area (Å²) < 4.78 is 0. The lowest BCUT2D eigenvalue weighted by Gasteiger charge is -2.12. The predicted octanol–water partition coefficient (Wildman–Crippen LogP) is 1.55. The summed E-state index contributed by atoms with van der Waals surface area (Å²) in [6, 6.07) is 11.9. The Balaban J connectivity index is 1.94. The van der Waals surface area contributed by atoms with E-state index in [9.17, 15) is 0 Å². The number of aromatic nitrogens is 2. The first-order valence-electron chi connectivity index (χ1n) is 5.91. The number of hydrogen-bond acceptors (Lipinski definition) is 3. The molecule has 1 aliphatic heterocycles. The third-order valence-corrected chi connectivity index (χ3v) is 2.80. The molecular formula is C14H12BN3. The van der Waals surface area contributed by atoms with E-state index in [1.165, 1.54) is 0 Å². The van der Waals surface area contributed by atoms with Gasteiger partial charge in [-0.1, -0.05) is 24.2 Å². The van der Waals surface area contributed by atoms with Gasteiger partial charge in [0.15, 0.2) is 0 Å². The fourth-order valence-electron chi connectivity index (χ4n) is 1.91. The summed E-state index contributed by atoms with van der Waals surface area (Å²) >= 11 is 0. The molecule has 0 unspecified atom stereocenters. The Bertz CT molecular complexity index is 593. The smallest absolute Gasteiger partial charge is 0.333 e. The molecule has 4 heteroatoms. The maximum absolute atomic E-state index is 4.66. The zero-order valence-electron chi connectivity index (χ0n) is 9.82. The van der Waals surface area contributed by atoms with Crippen molar-refractivity contribution in [3.63, 3.8) is 0 Å². The summed E-state index contributed by atoms with van der Waals surface area (Å²) in [5.74, 6) is 2.09. The van der Waals surface area contributed by atoms with Gasteiger partial charge >= 0.3 is 6.85 Å². The molecule has 0 aliphatic carbocycles. The molecule has 0 amide bonds. The van der Waals surface area contributed by atoms with Crippen molar-refractivity contribution < 1.29 is 0 Å². The van der Waals surface area contributed by atoms with E-state index in [4.69, 9.17) is 0 Å². The first-order valence-corrected chi connectivity index (χ1v) is 5.91. The van der Waals surface area contributed by atoms with Crippen molar-refractivity contribution >= 4 is 12.4 Å². The van der Waals surface area contributed by atoms with Gasteiger partial charge in [0, 0.05) is 11.8 Å². The van der Waals surface area contributed by atoms with Crippen LogP contribution < -0.4 is 10.8 Å². The van der Waals surface area contributed by atoms with Crippen molar-refractivity contribution in [1.82, 2.24) is 15.2 Å². The highest BCUT2D eigenvalue weighted by Gasteiger charge is 2.15. The molecule has 0 spiro atoms. The summed E-state index contributed by atoms with van der Waals surface area (Å²) in [5, 5.41) is 3.26. The van der Waals surface area contributed by atoms with E-state index in [1.54, 1.807) is 6.20 Å². The minimum atomic E-state index is 0.138. The molecule has 2 aromatic rings. The van der Waals surface area contributed by atoms with Crippen molar-refractivity contribution in [3.05, 3.63) is 66.9 Å². The van der Waals surface area contributed by atoms with Crippen LogP contribution in [0, 0.1) is 0 Å². The zero-order chi connectivity index (χ0) is 12.2. The maximum atomic E-state index is 4.66. The molecule has 0 atom stereocenters. The van der Waals surface area contributed by atoms with Crippen molar-refractivity contribution in [2.45, 2.75) is 0 Å². The van der Waals surface area contributed by atoms with Crippen molar-refractivity contribution in [3.8, 4) is 11.4 Å². The third kappa shape index (κ3) is 2.18. The second kappa shape index (κ2) is 4.88. The molecule has 0 bridgehead atoms. The Kier molecular flexibility index (Phi) is 2.92. The van der Waals surface area contributed by atoms with E-state index in [-0.39, 0.29) is 6.85 Å². The van der Waals surface area contributed by atoms with Gasteiger partial charge in [-0.3, -0.25) is 9.97 Å². The second-order valence-electron chi connectivity index (χ2n) is 4.05. The number of nitrogens with one attached hydrogen (secondary N) is 1. The lowest BCUT2D eigenvalue weighted by Crippen LogP contribution is -2.43. The molecular weight excluding hydrogens is 221 g/mol. The summed E-state index contributed by atoms with van der Waals surface area (Å²) in [4.78, 5) is 8.98. The minimum absolute atomic E-state index is 0.138. The molecule has 0 fully saturated rings. The highest BCUT2D eigenvalue weighted by molar-refractivity contribution is 6.75. The summed E-state index contributed by atoms with van der Waals surface area (Å²) in [6.07, 6.45) is 7.71. The fraction of sp³-hybridized carbons (Fsp3) is 0. The average Bonchev–Trinajstić information content (AvgIpc) is 2.49. The van der Waals surface area contributed by atoms with Crippen LogP contribution in [0.4, 0.5) is 0 Å². The Hall–Kier alpha value is -2.36. The number of nitrogens with zero attached hydrogens (tertiary/aromatic N) is 2. The van der Waals surface area contributed by atoms with Crippen LogP contribution >= 0.6 is 0 Å². The molecule has 1 N–H and O–H groups in total. The van der Waals surface area contributed by atoms with Gasteiger partial charge in [-0.25, -0.2) is 0 Å². The molecule has 3 rings (SSSR count). The van der Waals surface area contributed by atoms with Gasteiger partial charge in [0.1, 0.15) is 0 Å². The third-order valence-electron chi connectivity index (χ3n) is 2.80. The Morgan fingerprint density at radius 1 is 0.944 bits per heavy atom. The van der Waals surface area contributed by atoms with Crippen LogP contribution in [-0.2, 0) is 0 Å². The summed E-state index contributed by atoms with van der Waals surface area (Å²) in [6.45, 7) is 0.138. The predicted molar refractivity (Wildman–Crippen MR) is 74.3 cm³/mol. The molecule has 2 aromatic heterocycles. The lowest BCUT2D eigenvalue weighted by atomic mass is 9.58. The molecule has 0 saturated heterocycles. The van der Waals surface area contributed by atoms with Crippen LogP contribution in [0.2, 0.25) is 0 Å². The van der Waals surface area contributed by atoms with Crippen LogP contribution in [0.1, 0.15) is 0 Å². The number of rotatable bonds is 2. The normalized spacial score (nSPS) is 13.4. The van der Waals surface area contributed by atoms with E-state index in [0.29, 0.717) is 0 Å². The van der Waals surface area contributed by atoms with Gasteiger partial charge in [0.2, 0.25) is 0 Å². The Labute approximate surface area is 106 Å². The molecule has 0 aromatic carbocycles. The van der Waals surface area contributed by atoms with Gasteiger partial charge in [0.05, 0.1) is 11.4 Å². The minimum Gasteiger partial charge on any atom is -0.425 e. The fourth-order valence-corrected chi connectivity index (χ4v) is 1.91. The van der Waals surface area contributed by atoms with Gasteiger partial charge in [-0.05, 0) is 36.5 Å². The van der Waals surface area contributed by atoms with Crippen molar-refractivity contribution in [1.29, 1.82) is 0 Å². The van der Waals surface area contributed by atoms with E-state index in [2.05, 4.69) is 21.2 Å². The SMILES string of the molecule is C1=CNB(c2cccc(-c3ccccn3)n2)C=C1. The summed E-state index contributed by atoms with van der Waals surface area (Å²) in [5.41, 5.74) is 2.80. The van der Waals surface area contributed by atoms with Crippen LogP contribution in [-0.4, -0.2) is 16.8 Å². The van der Waals surface area contributed by atoms with Gasteiger partial charge in [-0.2, -0.15) is 0 Å². The molecule has 1 aliphatic rings. The molecule has 3 nitrogen and oxygen atoms in total. The zero-order valence-corrected chi connectivity index (χ0v) is 9.82. The summed E-state index contributed by atoms with van der Waals surface area (Å²) in [7, 11) is 0. The van der Waals surface area contributed by atoms with Crippen LogP contribution in [0.15, 0.2) is 66.9 Å². The van der Waals surface area contributed by atoms with Crippen LogP contribution in [0.3, 0.4) is 0 Å². The van der Waals surface area contributed by atoms with Gasteiger partial charge in [0.25, 0.3) is 0 Å². The second-order valence-corrected chi connectivity index (χ2v) is 4.05. The van der Waals surface area contributed by atoms with Gasteiger partial charge in [-0.15, -0.1) is 0 Å². The average molecular weight is 233 g/mol. The number of allylic oxidation sites excluding steroid dienone is 2. The molecule has 0 radical (unpaired) electrons. The molecule has 3 heterocycles. The quantitative estimate of drug-likeness (QED) is 0.799. The monoisotopic (exact) mass is 233 g/mol. The number of pyridine rings is 2. The van der Waals surface area contributed by atoms with Gasteiger partial charge < -0.3 is 5.23 Å². The maximum Gasteiger partial charge on any atom is 0.333 e. The highest BCUT2D eigenvalue weighted by atomic mass is 14.8. The molecule has 0 saturated carbocycles. The first kappa shape index (κ1) is 10.8. The molecule has 86 valence electrons. The Morgan fingerprint density at radius 2 is 1.89 bits per heavy atom. The van der Waals surface area contributed by atoms with Crippen LogP contribution in [0.5, 0.6) is 0 Å². The van der Waals surface area contributed by atoms with E-state index in [1.807, 2.05) is 54.8 Å². The number of hydrogen-bond donors (Lipinski definition) is 1.